The molecule has 1 aromatic carbocycles. The Morgan fingerprint density at radius 3 is 2.59 bits per heavy atom. The maximum atomic E-state index is 10.7. The van der Waals surface area contributed by atoms with Gasteiger partial charge in [0.2, 0.25) is 0 Å². The van der Waals surface area contributed by atoms with Crippen LogP contribution in [0, 0.1) is 5.92 Å². The SMILES string of the molecule is Cl.O=C(O)c1ccc(CCC2CCNC2)cc1. The van der Waals surface area contributed by atoms with Gasteiger partial charge in [-0.3, -0.25) is 0 Å². The van der Waals surface area contributed by atoms with Gasteiger partial charge in [0.25, 0.3) is 0 Å². The van der Waals surface area contributed by atoms with E-state index in [4.69, 9.17) is 5.11 Å². The summed E-state index contributed by atoms with van der Waals surface area (Å²) >= 11 is 0. The van der Waals surface area contributed by atoms with Crippen LogP contribution in [0.3, 0.4) is 0 Å². The number of hydrogen-bond donors (Lipinski definition) is 2. The second-order valence-corrected chi connectivity index (χ2v) is 4.40. The van der Waals surface area contributed by atoms with Crippen LogP contribution in [-0.4, -0.2) is 24.2 Å². The summed E-state index contributed by atoms with van der Waals surface area (Å²) in [6, 6.07) is 7.22. The van der Waals surface area contributed by atoms with E-state index in [9.17, 15) is 4.79 Å². The van der Waals surface area contributed by atoms with Gasteiger partial charge < -0.3 is 10.4 Å². The second-order valence-electron chi connectivity index (χ2n) is 4.40. The van der Waals surface area contributed by atoms with Crippen molar-refractivity contribution in [3.63, 3.8) is 0 Å². The summed E-state index contributed by atoms with van der Waals surface area (Å²) in [4.78, 5) is 10.7. The van der Waals surface area contributed by atoms with Crippen LogP contribution in [-0.2, 0) is 6.42 Å². The van der Waals surface area contributed by atoms with Crippen molar-refractivity contribution in [2.75, 3.05) is 13.1 Å². The average Bonchev–Trinajstić information content (AvgIpc) is 2.80. The molecule has 0 saturated carbocycles. The summed E-state index contributed by atoms with van der Waals surface area (Å²) in [5, 5.41) is 12.1. The van der Waals surface area contributed by atoms with E-state index in [0.29, 0.717) is 5.56 Å². The van der Waals surface area contributed by atoms with Crippen LogP contribution in [0.15, 0.2) is 24.3 Å². The predicted octanol–water partition coefficient (Wildman–Crippen LogP) is 2.35. The number of halogens is 1. The van der Waals surface area contributed by atoms with Gasteiger partial charge in [-0.1, -0.05) is 12.1 Å². The number of aryl methyl sites for hydroxylation is 1. The first-order chi connectivity index (χ1) is 7.75. The van der Waals surface area contributed by atoms with Crippen molar-refractivity contribution in [3.05, 3.63) is 35.4 Å². The highest BCUT2D eigenvalue weighted by Gasteiger charge is 2.13. The Hall–Kier alpha value is -1.06. The minimum Gasteiger partial charge on any atom is -0.478 e. The Labute approximate surface area is 108 Å². The van der Waals surface area contributed by atoms with Gasteiger partial charge in [0.1, 0.15) is 0 Å². The van der Waals surface area contributed by atoms with E-state index >= 15 is 0 Å². The molecule has 1 unspecified atom stereocenters. The van der Waals surface area contributed by atoms with Crippen molar-refractivity contribution >= 4 is 18.4 Å². The quantitative estimate of drug-likeness (QED) is 0.868. The number of nitrogens with one attached hydrogen (secondary N) is 1. The van der Waals surface area contributed by atoms with Crippen LogP contribution in [0.5, 0.6) is 0 Å². The van der Waals surface area contributed by atoms with E-state index in [1.165, 1.54) is 18.4 Å². The maximum Gasteiger partial charge on any atom is 0.335 e. The van der Waals surface area contributed by atoms with Crippen LogP contribution in [0.4, 0.5) is 0 Å². The van der Waals surface area contributed by atoms with Crippen LogP contribution in [0.25, 0.3) is 0 Å². The molecule has 4 heteroatoms. The molecule has 0 bridgehead atoms. The summed E-state index contributed by atoms with van der Waals surface area (Å²) in [5.74, 6) is -0.0642. The fourth-order valence-electron chi connectivity index (χ4n) is 2.15. The predicted molar refractivity (Wildman–Crippen MR) is 69.9 cm³/mol. The minimum absolute atomic E-state index is 0. The number of rotatable bonds is 4. The molecule has 2 rings (SSSR count). The van der Waals surface area contributed by atoms with Gasteiger partial charge in [0, 0.05) is 0 Å². The van der Waals surface area contributed by atoms with Gasteiger partial charge in [0.05, 0.1) is 5.56 Å². The van der Waals surface area contributed by atoms with Gasteiger partial charge in [-0.15, -0.1) is 12.4 Å². The standard InChI is InChI=1S/C13H17NO2.ClH/c15-13(16)12-5-3-10(4-6-12)1-2-11-7-8-14-9-11;/h3-6,11,14H,1-2,7-9H2,(H,15,16);1H. The van der Waals surface area contributed by atoms with Crippen LogP contribution in [0.1, 0.15) is 28.8 Å². The Morgan fingerprint density at radius 2 is 2.06 bits per heavy atom. The molecule has 1 atom stereocenters. The number of hydrogen-bond acceptors (Lipinski definition) is 2. The highest BCUT2D eigenvalue weighted by molar-refractivity contribution is 5.87. The lowest BCUT2D eigenvalue weighted by Gasteiger charge is -2.07. The smallest absolute Gasteiger partial charge is 0.335 e. The normalized spacial score (nSPS) is 18.7. The lowest BCUT2D eigenvalue weighted by molar-refractivity contribution is 0.0697. The van der Waals surface area contributed by atoms with E-state index < -0.39 is 5.97 Å². The summed E-state index contributed by atoms with van der Waals surface area (Å²) < 4.78 is 0. The van der Waals surface area contributed by atoms with E-state index in [2.05, 4.69) is 5.32 Å². The first kappa shape index (κ1) is 14.0. The zero-order valence-corrected chi connectivity index (χ0v) is 10.5. The molecule has 17 heavy (non-hydrogen) atoms. The molecule has 3 nitrogen and oxygen atoms in total. The molecular weight excluding hydrogens is 238 g/mol. The summed E-state index contributed by atoms with van der Waals surface area (Å²) in [7, 11) is 0. The third-order valence-electron chi connectivity index (χ3n) is 3.20. The molecule has 0 amide bonds. The molecule has 1 heterocycles. The number of aromatic carboxylic acids is 1. The summed E-state index contributed by atoms with van der Waals surface area (Å²) in [6.45, 7) is 2.27. The Kier molecular flexibility index (Phi) is 5.45. The molecule has 0 spiro atoms. The average molecular weight is 256 g/mol. The highest BCUT2D eigenvalue weighted by atomic mass is 35.5. The van der Waals surface area contributed by atoms with E-state index in [0.717, 1.165) is 25.4 Å². The fourth-order valence-corrected chi connectivity index (χ4v) is 2.15. The fraction of sp³-hybridized carbons (Fsp3) is 0.462. The Balaban J connectivity index is 0.00000144. The van der Waals surface area contributed by atoms with Crippen molar-refractivity contribution < 1.29 is 9.90 Å². The molecule has 0 radical (unpaired) electrons. The molecular formula is C13H18ClNO2. The zero-order chi connectivity index (χ0) is 11.4. The summed E-state index contributed by atoms with van der Waals surface area (Å²) in [5.41, 5.74) is 1.60. The van der Waals surface area contributed by atoms with E-state index in [-0.39, 0.29) is 12.4 Å². The van der Waals surface area contributed by atoms with Crippen molar-refractivity contribution in [1.82, 2.24) is 5.32 Å². The molecule has 1 aliphatic rings. The Morgan fingerprint density at radius 1 is 1.35 bits per heavy atom. The zero-order valence-electron chi connectivity index (χ0n) is 9.69. The van der Waals surface area contributed by atoms with Gasteiger partial charge in [-0.05, 0) is 56.0 Å². The van der Waals surface area contributed by atoms with Gasteiger partial charge in [-0.25, -0.2) is 4.79 Å². The first-order valence-corrected chi connectivity index (χ1v) is 5.78. The minimum atomic E-state index is -0.855. The van der Waals surface area contributed by atoms with Crippen LogP contribution in [0.2, 0.25) is 0 Å². The van der Waals surface area contributed by atoms with Crippen molar-refractivity contribution in [1.29, 1.82) is 0 Å². The third-order valence-corrected chi connectivity index (χ3v) is 3.20. The lowest BCUT2D eigenvalue weighted by Crippen LogP contribution is -2.09. The molecule has 2 N–H and O–H groups in total. The molecule has 94 valence electrons. The number of carbonyl (C=O) groups is 1. The third kappa shape index (κ3) is 4.02. The highest BCUT2D eigenvalue weighted by Crippen LogP contribution is 2.16. The van der Waals surface area contributed by atoms with Crippen LogP contribution >= 0.6 is 12.4 Å². The number of benzene rings is 1. The van der Waals surface area contributed by atoms with Crippen LogP contribution < -0.4 is 5.32 Å². The van der Waals surface area contributed by atoms with Crippen molar-refractivity contribution in [2.45, 2.75) is 19.3 Å². The Bertz CT molecular complexity index is 358. The molecule has 1 fully saturated rings. The molecule has 0 aliphatic carbocycles. The lowest BCUT2D eigenvalue weighted by atomic mass is 9.98. The van der Waals surface area contributed by atoms with E-state index in [1.54, 1.807) is 12.1 Å². The molecule has 1 aliphatic heterocycles. The van der Waals surface area contributed by atoms with Gasteiger partial charge >= 0.3 is 5.97 Å². The first-order valence-electron chi connectivity index (χ1n) is 5.78. The molecule has 1 aromatic rings. The molecule has 0 aromatic heterocycles. The summed E-state index contributed by atoms with van der Waals surface area (Å²) in [6.07, 6.45) is 3.51. The topological polar surface area (TPSA) is 49.3 Å². The van der Waals surface area contributed by atoms with Gasteiger partial charge in [-0.2, -0.15) is 0 Å². The largest absolute Gasteiger partial charge is 0.478 e. The van der Waals surface area contributed by atoms with E-state index in [1.807, 2.05) is 12.1 Å². The van der Waals surface area contributed by atoms with Crippen molar-refractivity contribution in [2.24, 2.45) is 5.92 Å². The second kappa shape index (κ2) is 6.62. The van der Waals surface area contributed by atoms with Gasteiger partial charge in [0.15, 0.2) is 0 Å². The maximum absolute atomic E-state index is 10.7. The number of carboxylic acid groups (broad SMARTS) is 1. The van der Waals surface area contributed by atoms with Crippen molar-refractivity contribution in [3.8, 4) is 0 Å². The molecule has 1 saturated heterocycles. The number of carboxylic acids is 1. The monoisotopic (exact) mass is 255 g/mol.